The first-order chi connectivity index (χ1) is 9.72. The Hall–Kier alpha value is -0.120. The van der Waals surface area contributed by atoms with Crippen LogP contribution < -0.4 is 5.73 Å². The minimum absolute atomic E-state index is 0.0324. The average molecular weight is 281 g/mol. The van der Waals surface area contributed by atoms with E-state index in [4.69, 9.17) is 10.5 Å². The Bertz CT molecular complexity index is 255. The number of aliphatic hydroxyl groups is 1. The van der Waals surface area contributed by atoms with Crippen LogP contribution >= 0.6 is 0 Å². The lowest BCUT2D eigenvalue weighted by Gasteiger charge is -2.40. The molecule has 3 nitrogen and oxygen atoms in total. The Kier molecular flexibility index (Phi) is 5.00. The molecule has 0 spiro atoms. The molecule has 3 aliphatic rings. The Balaban J connectivity index is 1.42. The van der Waals surface area contributed by atoms with Crippen LogP contribution in [0.2, 0.25) is 0 Å². The third kappa shape index (κ3) is 3.55. The van der Waals surface area contributed by atoms with Gasteiger partial charge in [-0.2, -0.15) is 0 Å². The first kappa shape index (κ1) is 14.8. The van der Waals surface area contributed by atoms with Gasteiger partial charge in [-0.25, -0.2) is 0 Å². The predicted octanol–water partition coefficient (Wildman–Crippen LogP) is 2.85. The summed E-state index contributed by atoms with van der Waals surface area (Å²) in [6.07, 6.45) is 12.4. The van der Waals surface area contributed by atoms with Gasteiger partial charge in [0.05, 0.1) is 18.8 Å². The van der Waals surface area contributed by atoms with Gasteiger partial charge >= 0.3 is 0 Å². The van der Waals surface area contributed by atoms with Crippen LogP contribution in [0, 0.1) is 17.8 Å². The van der Waals surface area contributed by atoms with Gasteiger partial charge in [0.2, 0.25) is 0 Å². The lowest BCUT2D eigenvalue weighted by molar-refractivity contribution is -0.0741. The molecule has 116 valence electrons. The van der Waals surface area contributed by atoms with Crippen LogP contribution in [-0.2, 0) is 4.74 Å². The summed E-state index contributed by atoms with van der Waals surface area (Å²) in [5.41, 5.74) is 6.00. The second-order valence-corrected chi connectivity index (χ2v) is 7.45. The molecule has 0 aromatic carbocycles. The van der Waals surface area contributed by atoms with Gasteiger partial charge in [0.25, 0.3) is 0 Å². The highest BCUT2D eigenvalue weighted by Gasteiger charge is 2.34. The zero-order valence-corrected chi connectivity index (χ0v) is 12.7. The van der Waals surface area contributed by atoms with Gasteiger partial charge in [0.15, 0.2) is 0 Å². The van der Waals surface area contributed by atoms with Crippen LogP contribution in [0.4, 0.5) is 0 Å². The summed E-state index contributed by atoms with van der Waals surface area (Å²) in [6.45, 7) is 0.966. The van der Waals surface area contributed by atoms with E-state index < -0.39 is 0 Å². The fourth-order valence-electron chi connectivity index (χ4n) is 4.63. The van der Waals surface area contributed by atoms with Gasteiger partial charge in [0.1, 0.15) is 0 Å². The normalized spacial score (nSPS) is 47.1. The summed E-state index contributed by atoms with van der Waals surface area (Å²) < 4.78 is 6.24. The van der Waals surface area contributed by atoms with Crippen LogP contribution in [0.15, 0.2) is 0 Å². The molecule has 1 heterocycles. The van der Waals surface area contributed by atoms with Gasteiger partial charge < -0.3 is 15.6 Å². The SMILES string of the molecule is NC1CCC(C2CCC(C3CCC(O)CC3)CO2)CC1. The Morgan fingerprint density at radius 1 is 0.700 bits per heavy atom. The maximum absolute atomic E-state index is 9.62. The zero-order chi connectivity index (χ0) is 13.9. The van der Waals surface area contributed by atoms with Crippen molar-refractivity contribution in [2.24, 2.45) is 23.5 Å². The van der Waals surface area contributed by atoms with Crippen molar-refractivity contribution in [3.05, 3.63) is 0 Å². The van der Waals surface area contributed by atoms with Crippen LogP contribution in [0.5, 0.6) is 0 Å². The summed E-state index contributed by atoms with van der Waals surface area (Å²) in [5.74, 6) is 2.33. The Morgan fingerprint density at radius 3 is 1.90 bits per heavy atom. The monoisotopic (exact) mass is 281 g/mol. The maximum Gasteiger partial charge on any atom is 0.0603 e. The molecule has 2 aliphatic carbocycles. The number of aliphatic hydroxyl groups excluding tert-OH is 1. The van der Waals surface area contributed by atoms with Crippen molar-refractivity contribution in [1.29, 1.82) is 0 Å². The highest BCUT2D eigenvalue weighted by molar-refractivity contribution is 4.85. The Labute approximate surface area is 123 Å². The molecule has 0 radical (unpaired) electrons. The minimum atomic E-state index is -0.0324. The highest BCUT2D eigenvalue weighted by Crippen LogP contribution is 2.38. The smallest absolute Gasteiger partial charge is 0.0603 e. The fourth-order valence-corrected chi connectivity index (χ4v) is 4.63. The minimum Gasteiger partial charge on any atom is -0.393 e. The first-order valence-corrected chi connectivity index (χ1v) is 8.77. The summed E-state index contributed by atoms with van der Waals surface area (Å²) >= 11 is 0. The number of nitrogens with two attached hydrogens (primary N) is 1. The molecule has 2 unspecified atom stereocenters. The summed E-state index contributed by atoms with van der Waals surface area (Å²) in [5, 5.41) is 9.62. The van der Waals surface area contributed by atoms with Crippen molar-refractivity contribution >= 4 is 0 Å². The quantitative estimate of drug-likeness (QED) is 0.818. The molecule has 2 saturated carbocycles. The molecule has 3 rings (SSSR count). The van der Waals surface area contributed by atoms with Crippen molar-refractivity contribution in [2.45, 2.75) is 82.5 Å². The molecule has 3 N–H and O–H groups in total. The van der Waals surface area contributed by atoms with E-state index >= 15 is 0 Å². The third-order valence-corrected chi connectivity index (χ3v) is 6.10. The van der Waals surface area contributed by atoms with Crippen molar-refractivity contribution in [1.82, 2.24) is 0 Å². The molecule has 0 aromatic heterocycles. The van der Waals surface area contributed by atoms with E-state index in [0.717, 1.165) is 37.2 Å². The molecular weight excluding hydrogens is 250 g/mol. The van der Waals surface area contributed by atoms with Gasteiger partial charge in [-0.3, -0.25) is 0 Å². The van der Waals surface area contributed by atoms with Crippen molar-refractivity contribution in [2.75, 3.05) is 6.61 Å². The van der Waals surface area contributed by atoms with Crippen LogP contribution in [0.1, 0.15) is 64.2 Å². The van der Waals surface area contributed by atoms with Gasteiger partial charge in [-0.15, -0.1) is 0 Å². The second-order valence-electron chi connectivity index (χ2n) is 7.45. The fraction of sp³-hybridized carbons (Fsp3) is 1.00. The topological polar surface area (TPSA) is 55.5 Å². The van der Waals surface area contributed by atoms with E-state index in [0.29, 0.717) is 12.1 Å². The molecule has 0 bridgehead atoms. The molecule has 2 atom stereocenters. The number of rotatable bonds is 2. The maximum atomic E-state index is 9.62. The van der Waals surface area contributed by atoms with E-state index in [1.54, 1.807) is 0 Å². The second kappa shape index (κ2) is 6.76. The number of hydrogen-bond acceptors (Lipinski definition) is 3. The standard InChI is InChI=1S/C17H31NO2/c18-15-6-1-13(2-7-15)17-10-5-14(11-20-17)12-3-8-16(19)9-4-12/h12-17,19H,1-11,18H2. The summed E-state index contributed by atoms with van der Waals surface area (Å²) in [7, 11) is 0. The zero-order valence-electron chi connectivity index (χ0n) is 12.7. The summed E-state index contributed by atoms with van der Waals surface area (Å²) in [6, 6.07) is 0.441. The van der Waals surface area contributed by atoms with Crippen LogP contribution in [0.25, 0.3) is 0 Å². The predicted molar refractivity (Wildman–Crippen MR) is 80.4 cm³/mol. The summed E-state index contributed by atoms with van der Waals surface area (Å²) in [4.78, 5) is 0. The molecule has 0 amide bonds. The van der Waals surface area contributed by atoms with E-state index in [9.17, 15) is 5.11 Å². The number of ether oxygens (including phenoxy) is 1. The van der Waals surface area contributed by atoms with Crippen LogP contribution in [-0.4, -0.2) is 30.0 Å². The van der Waals surface area contributed by atoms with Gasteiger partial charge in [-0.05, 0) is 82.0 Å². The van der Waals surface area contributed by atoms with E-state index in [1.807, 2.05) is 0 Å². The first-order valence-electron chi connectivity index (χ1n) is 8.77. The van der Waals surface area contributed by atoms with Gasteiger partial charge in [-0.1, -0.05) is 0 Å². The average Bonchev–Trinajstić information content (AvgIpc) is 2.49. The van der Waals surface area contributed by atoms with Gasteiger partial charge in [0, 0.05) is 6.04 Å². The lowest BCUT2D eigenvalue weighted by Crippen LogP contribution is -2.39. The third-order valence-electron chi connectivity index (χ3n) is 6.10. The molecule has 1 aliphatic heterocycles. The molecule has 1 saturated heterocycles. The lowest BCUT2D eigenvalue weighted by atomic mass is 9.74. The van der Waals surface area contributed by atoms with E-state index in [2.05, 4.69) is 0 Å². The van der Waals surface area contributed by atoms with Crippen molar-refractivity contribution in [3.63, 3.8) is 0 Å². The molecule has 20 heavy (non-hydrogen) atoms. The number of hydrogen-bond donors (Lipinski definition) is 2. The van der Waals surface area contributed by atoms with Crippen molar-refractivity contribution < 1.29 is 9.84 Å². The molecular formula is C17H31NO2. The highest BCUT2D eigenvalue weighted by atomic mass is 16.5. The molecule has 3 fully saturated rings. The largest absolute Gasteiger partial charge is 0.393 e. The van der Waals surface area contributed by atoms with E-state index in [1.165, 1.54) is 51.4 Å². The van der Waals surface area contributed by atoms with Crippen molar-refractivity contribution in [3.8, 4) is 0 Å². The molecule has 0 aromatic rings. The van der Waals surface area contributed by atoms with E-state index in [-0.39, 0.29) is 6.10 Å². The van der Waals surface area contributed by atoms with Crippen LogP contribution in [0.3, 0.4) is 0 Å². The molecule has 3 heteroatoms. The Morgan fingerprint density at radius 2 is 1.30 bits per heavy atom.